The van der Waals surface area contributed by atoms with Crippen molar-refractivity contribution >= 4 is 70.5 Å². The molecule has 8 aromatic carbocycles. The van der Waals surface area contributed by atoms with Crippen molar-refractivity contribution in [3.05, 3.63) is 188 Å². The molecule has 3 heteroatoms. The lowest BCUT2D eigenvalue weighted by molar-refractivity contribution is 0.669. The van der Waals surface area contributed by atoms with E-state index >= 15 is 0 Å². The third-order valence-corrected chi connectivity index (χ3v) is 11.0. The highest BCUT2D eigenvalue weighted by molar-refractivity contribution is 7.25. The molecule has 0 unspecified atom stereocenters. The van der Waals surface area contributed by atoms with Gasteiger partial charge in [-0.15, -0.1) is 11.3 Å². The maximum Gasteiger partial charge on any atom is 0.137 e. The first-order chi connectivity index (χ1) is 25.3. The van der Waals surface area contributed by atoms with Gasteiger partial charge in [0.25, 0.3) is 0 Å². The van der Waals surface area contributed by atoms with Crippen LogP contribution in [0.15, 0.2) is 192 Å². The molecule has 0 saturated heterocycles. The van der Waals surface area contributed by atoms with Gasteiger partial charge in [-0.1, -0.05) is 133 Å². The fraction of sp³-hybridized carbons (Fsp3) is 0. The Balaban J connectivity index is 1.18. The van der Waals surface area contributed by atoms with Crippen LogP contribution in [0, 0.1) is 0 Å². The van der Waals surface area contributed by atoms with Gasteiger partial charge in [0.2, 0.25) is 0 Å². The molecule has 0 N–H and O–H groups in total. The molecule has 0 radical (unpaired) electrons. The normalized spacial score (nSPS) is 11.5. The van der Waals surface area contributed by atoms with Crippen LogP contribution in [0.2, 0.25) is 0 Å². The highest BCUT2D eigenvalue weighted by atomic mass is 32.1. The van der Waals surface area contributed by atoms with Crippen LogP contribution in [-0.2, 0) is 0 Å². The average Bonchev–Trinajstić information content (AvgIpc) is 3.77. The van der Waals surface area contributed by atoms with E-state index in [0.29, 0.717) is 0 Å². The average molecular weight is 670 g/mol. The number of anilines is 3. The standard InChI is InChI=1S/C48H31NOS/c1-3-12-32(13-4-1)35-25-29-42(41(30-35)34-14-5-2-6-15-34)49(43-18-11-20-45-48(43)40-17-7-9-19-44(40)50-45)37-26-22-33(23-27-37)36-24-28-39-38-16-8-10-21-46(38)51-47(39)31-36/h1-31H. The van der Waals surface area contributed by atoms with Crippen LogP contribution >= 0.6 is 11.3 Å². The molecule has 2 heterocycles. The van der Waals surface area contributed by atoms with E-state index in [2.05, 4.69) is 187 Å². The van der Waals surface area contributed by atoms with Crippen LogP contribution in [0.3, 0.4) is 0 Å². The summed E-state index contributed by atoms with van der Waals surface area (Å²) >= 11 is 1.86. The van der Waals surface area contributed by atoms with Gasteiger partial charge >= 0.3 is 0 Å². The van der Waals surface area contributed by atoms with Gasteiger partial charge in [0.05, 0.1) is 16.8 Å². The number of hydrogen-bond donors (Lipinski definition) is 0. The van der Waals surface area contributed by atoms with E-state index in [1.54, 1.807) is 0 Å². The van der Waals surface area contributed by atoms with Gasteiger partial charge in [-0.3, -0.25) is 0 Å². The minimum Gasteiger partial charge on any atom is -0.456 e. The Morgan fingerprint density at radius 1 is 0.373 bits per heavy atom. The van der Waals surface area contributed by atoms with E-state index in [1.807, 2.05) is 17.4 Å². The lowest BCUT2D eigenvalue weighted by atomic mass is 9.95. The Morgan fingerprint density at radius 3 is 1.80 bits per heavy atom. The van der Waals surface area contributed by atoms with E-state index < -0.39 is 0 Å². The number of hydrogen-bond acceptors (Lipinski definition) is 3. The van der Waals surface area contributed by atoms with Crippen LogP contribution in [0.25, 0.3) is 75.5 Å². The fourth-order valence-corrected chi connectivity index (χ4v) is 8.59. The van der Waals surface area contributed by atoms with Crippen LogP contribution in [0.1, 0.15) is 0 Å². The second-order valence-corrected chi connectivity index (χ2v) is 14.0. The minimum absolute atomic E-state index is 0.870. The molecule has 51 heavy (non-hydrogen) atoms. The largest absolute Gasteiger partial charge is 0.456 e. The number of furan rings is 1. The van der Waals surface area contributed by atoms with Crippen LogP contribution in [0.5, 0.6) is 0 Å². The molecular weight excluding hydrogens is 639 g/mol. The molecule has 240 valence electrons. The van der Waals surface area contributed by atoms with Crippen molar-refractivity contribution in [2.24, 2.45) is 0 Å². The van der Waals surface area contributed by atoms with Crippen molar-refractivity contribution < 1.29 is 4.42 Å². The zero-order valence-corrected chi connectivity index (χ0v) is 28.5. The molecule has 10 rings (SSSR count). The number of para-hydroxylation sites is 1. The molecule has 0 aliphatic carbocycles. The second kappa shape index (κ2) is 12.2. The summed E-state index contributed by atoms with van der Waals surface area (Å²) < 4.78 is 9.05. The quantitative estimate of drug-likeness (QED) is 0.175. The molecule has 10 aromatic rings. The van der Waals surface area contributed by atoms with Crippen LogP contribution in [-0.4, -0.2) is 0 Å². The summed E-state index contributed by atoms with van der Waals surface area (Å²) in [6.07, 6.45) is 0. The lowest BCUT2D eigenvalue weighted by Crippen LogP contribution is -2.11. The van der Waals surface area contributed by atoms with Crippen molar-refractivity contribution in [1.82, 2.24) is 0 Å². The maximum atomic E-state index is 6.42. The third kappa shape index (κ3) is 5.10. The predicted octanol–water partition coefficient (Wildman–Crippen LogP) is 14.4. The summed E-state index contributed by atoms with van der Waals surface area (Å²) in [5, 5.41) is 4.83. The molecule has 0 amide bonds. The molecule has 0 bridgehead atoms. The summed E-state index contributed by atoms with van der Waals surface area (Å²) in [6.45, 7) is 0. The molecule has 0 aliphatic heterocycles. The van der Waals surface area contributed by atoms with Gasteiger partial charge in [0, 0.05) is 36.8 Å². The van der Waals surface area contributed by atoms with Crippen molar-refractivity contribution in [2.45, 2.75) is 0 Å². The first-order valence-electron chi connectivity index (χ1n) is 17.3. The van der Waals surface area contributed by atoms with Gasteiger partial charge in [0.1, 0.15) is 11.2 Å². The van der Waals surface area contributed by atoms with E-state index in [9.17, 15) is 0 Å². The zero-order chi connectivity index (χ0) is 33.7. The minimum atomic E-state index is 0.870. The zero-order valence-electron chi connectivity index (χ0n) is 27.7. The summed E-state index contributed by atoms with van der Waals surface area (Å²) in [6, 6.07) is 67.4. The first-order valence-corrected chi connectivity index (χ1v) is 18.1. The summed E-state index contributed by atoms with van der Waals surface area (Å²) in [7, 11) is 0. The topological polar surface area (TPSA) is 16.4 Å². The van der Waals surface area contributed by atoms with Crippen molar-refractivity contribution in [3.63, 3.8) is 0 Å². The second-order valence-electron chi connectivity index (χ2n) is 12.9. The summed E-state index contributed by atoms with van der Waals surface area (Å²) in [5.41, 5.74) is 12.1. The molecule has 2 aromatic heterocycles. The Morgan fingerprint density at radius 2 is 0.980 bits per heavy atom. The smallest absolute Gasteiger partial charge is 0.137 e. The van der Waals surface area contributed by atoms with Gasteiger partial charge in [-0.25, -0.2) is 0 Å². The highest BCUT2D eigenvalue weighted by Crippen LogP contribution is 2.47. The number of benzene rings is 8. The van der Waals surface area contributed by atoms with Gasteiger partial charge in [-0.2, -0.15) is 0 Å². The Labute approximate surface area is 300 Å². The van der Waals surface area contributed by atoms with E-state index in [1.165, 1.54) is 42.4 Å². The Bertz CT molecular complexity index is 2850. The molecule has 2 nitrogen and oxygen atoms in total. The molecule has 0 atom stereocenters. The Kier molecular flexibility index (Phi) is 7.04. The molecule has 0 aliphatic rings. The number of thiophene rings is 1. The van der Waals surface area contributed by atoms with Crippen molar-refractivity contribution in [1.29, 1.82) is 0 Å². The fourth-order valence-electron chi connectivity index (χ4n) is 7.45. The van der Waals surface area contributed by atoms with E-state index in [4.69, 9.17) is 4.42 Å². The molecular formula is C48H31NOS. The highest BCUT2D eigenvalue weighted by Gasteiger charge is 2.22. The monoisotopic (exact) mass is 669 g/mol. The summed E-state index contributed by atoms with van der Waals surface area (Å²) in [5.74, 6) is 0. The number of nitrogens with zero attached hydrogens (tertiary/aromatic N) is 1. The Hall–Kier alpha value is -6.42. The van der Waals surface area contributed by atoms with Crippen LogP contribution < -0.4 is 4.90 Å². The molecule has 0 saturated carbocycles. The maximum absolute atomic E-state index is 6.42. The van der Waals surface area contributed by atoms with Crippen molar-refractivity contribution in [3.8, 4) is 33.4 Å². The van der Waals surface area contributed by atoms with Gasteiger partial charge in [-0.05, 0) is 82.4 Å². The lowest BCUT2D eigenvalue weighted by Gasteiger charge is -2.29. The molecule has 0 fully saturated rings. The number of rotatable bonds is 6. The van der Waals surface area contributed by atoms with E-state index in [-0.39, 0.29) is 0 Å². The SMILES string of the molecule is c1ccc(-c2ccc(N(c3ccc(-c4ccc5c(c4)sc4ccccc45)cc3)c3cccc4oc5ccccc5c34)c(-c3ccccc3)c2)cc1. The predicted molar refractivity (Wildman–Crippen MR) is 218 cm³/mol. The first kappa shape index (κ1) is 29.5. The van der Waals surface area contributed by atoms with Crippen LogP contribution in [0.4, 0.5) is 17.1 Å². The van der Waals surface area contributed by atoms with Gasteiger partial charge < -0.3 is 9.32 Å². The van der Waals surface area contributed by atoms with E-state index in [0.717, 1.165) is 50.1 Å². The van der Waals surface area contributed by atoms with Gasteiger partial charge in [0.15, 0.2) is 0 Å². The third-order valence-electron chi connectivity index (χ3n) is 9.89. The molecule has 0 spiro atoms. The summed E-state index contributed by atoms with van der Waals surface area (Å²) in [4.78, 5) is 2.40. The number of fused-ring (bicyclic) bond motifs is 6. The van der Waals surface area contributed by atoms with Crippen molar-refractivity contribution in [2.75, 3.05) is 4.90 Å².